The van der Waals surface area contributed by atoms with Gasteiger partial charge < -0.3 is 9.42 Å². The summed E-state index contributed by atoms with van der Waals surface area (Å²) >= 11 is 0. The van der Waals surface area contributed by atoms with Crippen LogP contribution in [-0.4, -0.2) is 27.2 Å². The van der Waals surface area contributed by atoms with Gasteiger partial charge in [-0.1, -0.05) is 30.3 Å². The Bertz CT molecular complexity index is 1290. The number of amides is 1. The van der Waals surface area contributed by atoms with E-state index in [0.717, 1.165) is 17.7 Å². The van der Waals surface area contributed by atoms with Crippen LogP contribution in [0, 0.1) is 12.7 Å². The number of nitrogens with zero attached hydrogens (tertiary/aromatic N) is 4. The zero-order valence-electron chi connectivity index (χ0n) is 17.2. The topological polar surface area (TPSA) is 81.2 Å². The SMILES string of the molecule is CCCN(C(=O)Cn1cnc2onc(-c3ccc(F)cc3)c2c1=O)c1ccccc1C. The molecule has 158 valence electrons. The van der Waals surface area contributed by atoms with Gasteiger partial charge in [0.15, 0.2) is 0 Å². The van der Waals surface area contributed by atoms with E-state index in [0.29, 0.717) is 12.1 Å². The number of carbonyl (C=O) groups is 1. The molecule has 0 saturated carbocycles. The van der Waals surface area contributed by atoms with E-state index < -0.39 is 11.4 Å². The van der Waals surface area contributed by atoms with E-state index in [4.69, 9.17) is 4.52 Å². The van der Waals surface area contributed by atoms with Gasteiger partial charge >= 0.3 is 0 Å². The van der Waals surface area contributed by atoms with E-state index in [9.17, 15) is 14.0 Å². The number of para-hydroxylation sites is 1. The van der Waals surface area contributed by atoms with Crippen LogP contribution in [0.15, 0.2) is 64.2 Å². The number of hydrogen-bond donors (Lipinski definition) is 0. The van der Waals surface area contributed by atoms with E-state index in [-0.39, 0.29) is 29.2 Å². The highest BCUT2D eigenvalue weighted by Gasteiger charge is 2.21. The van der Waals surface area contributed by atoms with E-state index in [1.807, 2.05) is 38.1 Å². The van der Waals surface area contributed by atoms with Crippen molar-refractivity contribution in [3.63, 3.8) is 0 Å². The maximum Gasteiger partial charge on any atom is 0.267 e. The van der Waals surface area contributed by atoms with Crippen LogP contribution in [0.2, 0.25) is 0 Å². The number of aryl methyl sites for hydroxylation is 1. The van der Waals surface area contributed by atoms with Crippen molar-refractivity contribution in [1.29, 1.82) is 0 Å². The Morgan fingerprint density at radius 3 is 2.61 bits per heavy atom. The van der Waals surface area contributed by atoms with E-state index in [1.54, 1.807) is 4.90 Å². The van der Waals surface area contributed by atoms with Crippen molar-refractivity contribution in [2.45, 2.75) is 26.8 Å². The average molecular weight is 420 g/mol. The van der Waals surface area contributed by atoms with Crippen LogP contribution in [0.3, 0.4) is 0 Å². The number of fused-ring (bicyclic) bond motifs is 1. The van der Waals surface area contributed by atoms with Crippen molar-refractivity contribution in [2.24, 2.45) is 0 Å². The predicted molar refractivity (Wildman–Crippen MR) is 115 cm³/mol. The van der Waals surface area contributed by atoms with Crippen molar-refractivity contribution in [1.82, 2.24) is 14.7 Å². The molecule has 0 aliphatic carbocycles. The summed E-state index contributed by atoms with van der Waals surface area (Å²) in [5.41, 5.74) is 2.20. The highest BCUT2D eigenvalue weighted by molar-refractivity contribution is 5.94. The first-order valence-electron chi connectivity index (χ1n) is 9.96. The molecule has 31 heavy (non-hydrogen) atoms. The highest BCUT2D eigenvalue weighted by Crippen LogP contribution is 2.25. The minimum absolute atomic E-state index is 0.0670. The number of aromatic nitrogens is 3. The Morgan fingerprint density at radius 2 is 1.90 bits per heavy atom. The fourth-order valence-electron chi connectivity index (χ4n) is 3.50. The highest BCUT2D eigenvalue weighted by atomic mass is 19.1. The molecular weight excluding hydrogens is 399 g/mol. The molecule has 0 bridgehead atoms. The van der Waals surface area contributed by atoms with Gasteiger partial charge in [-0.05, 0) is 49.2 Å². The Labute approximate surface area is 177 Å². The van der Waals surface area contributed by atoms with Crippen LogP contribution in [0.5, 0.6) is 0 Å². The first-order valence-corrected chi connectivity index (χ1v) is 9.96. The summed E-state index contributed by atoms with van der Waals surface area (Å²) in [5.74, 6) is -0.621. The zero-order chi connectivity index (χ0) is 22.0. The first-order chi connectivity index (χ1) is 15.0. The van der Waals surface area contributed by atoms with Gasteiger partial charge in [0.2, 0.25) is 5.91 Å². The van der Waals surface area contributed by atoms with Gasteiger partial charge in [-0.25, -0.2) is 9.37 Å². The summed E-state index contributed by atoms with van der Waals surface area (Å²) in [7, 11) is 0. The van der Waals surface area contributed by atoms with Crippen LogP contribution in [0.4, 0.5) is 10.1 Å². The van der Waals surface area contributed by atoms with Gasteiger partial charge in [-0.3, -0.25) is 14.2 Å². The second-order valence-corrected chi connectivity index (χ2v) is 7.23. The number of anilines is 1. The van der Waals surface area contributed by atoms with E-state index >= 15 is 0 Å². The molecule has 0 saturated heterocycles. The summed E-state index contributed by atoms with van der Waals surface area (Å²) < 4.78 is 19.7. The lowest BCUT2D eigenvalue weighted by Crippen LogP contribution is -2.37. The number of rotatable bonds is 6. The van der Waals surface area contributed by atoms with Gasteiger partial charge in [0.05, 0.1) is 0 Å². The minimum atomic E-state index is -0.444. The lowest BCUT2D eigenvalue weighted by molar-refractivity contribution is -0.119. The maximum atomic E-state index is 13.3. The molecule has 2 aromatic carbocycles. The Hall–Kier alpha value is -3.81. The third kappa shape index (κ3) is 3.96. The summed E-state index contributed by atoms with van der Waals surface area (Å²) in [4.78, 5) is 32.1. The summed E-state index contributed by atoms with van der Waals surface area (Å²) in [6, 6.07) is 13.2. The molecule has 1 amide bonds. The number of carbonyl (C=O) groups excluding carboxylic acids is 1. The van der Waals surface area contributed by atoms with Gasteiger partial charge in [-0.2, -0.15) is 0 Å². The summed E-state index contributed by atoms with van der Waals surface area (Å²) in [5, 5.41) is 4.08. The number of hydrogen-bond acceptors (Lipinski definition) is 5. The maximum absolute atomic E-state index is 13.3. The molecule has 0 aliphatic rings. The predicted octanol–water partition coefficient (Wildman–Crippen LogP) is 3.94. The Morgan fingerprint density at radius 1 is 1.16 bits per heavy atom. The zero-order valence-corrected chi connectivity index (χ0v) is 17.2. The van der Waals surface area contributed by atoms with Crippen molar-refractivity contribution in [3.05, 3.63) is 76.6 Å². The standard InChI is InChI=1S/C23H21FN4O3/c1-3-12-28(18-7-5-4-6-15(18)2)19(29)13-27-14-25-22-20(23(27)30)21(26-31-22)16-8-10-17(24)11-9-16/h4-11,14H,3,12-13H2,1-2H3. The molecule has 0 spiro atoms. The largest absolute Gasteiger partial charge is 0.335 e. The molecule has 2 aromatic heterocycles. The van der Waals surface area contributed by atoms with Crippen molar-refractivity contribution < 1.29 is 13.7 Å². The summed E-state index contributed by atoms with van der Waals surface area (Å²) in [6.45, 7) is 4.29. The van der Waals surface area contributed by atoms with E-state index in [1.165, 1.54) is 35.2 Å². The average Bonchev–Trinajstić information content (AvgIpc) is 3.20. The molecular formula is C23H21FN4O3. The molecule has 2 heterocycles. The fraction of sp³-hybridized carbons (Fsp3) is 0.217. The molecule has 0 radical (unpaired) electrons. The third-order valence-corrected chi connectivity index (χ3v) is 5.04. The van der Waals surface area contributed by atoms with Crippen LogP contribution >= 0.6 is 0 Å². The van der Waals surface area contributed by atoms with Crippen molar-refractivity contribution >= 4 is 22.7 Å². The van der Waals surface area contributed by atoms with Gasteiger partial charge in [0, 0.05) is 17.8 Å². The molecule has 7 nitrogen and oxygen atoms in total. The van der Waals surface area contributed by atoms with Crippen LogP contribution in [0.1, 0.15) is 18.9 Å². The third-order valence-electron chi connectivity index (χ3n) is 5.04. The summed E-state index contributed by atoms with van der Waals surface area (Å²) in [6.07, 6.45) is 2.05. The quantitative estimate of drug-likeness (QED) is 0.472. The van der Waals surface area contributed by atoms with Gasteiger partial charge in [-0.15, -0.1) is 0 Å². The first kappa shape index (κ1) is 20.5. The second kappa shape index (κ2) is 8.51. The normalized spacial score (nSPS) is 11.1. The fourth-order valence-corrected chi connectivity index (χ4v) is 3.50. The molecule has 8 heteroatoms. The smallest absolute Gasteiger partial charge is 0.267 e. The van der Waals surface area contributed by atoms with Gasteiger partial charge in [0.1, 0.15) is 29.8 Å². The minimum Gasteiger partial charge on any atom is -0.335 e. The van der Waals surface area contributed by atoms with Crippen LogP contribution in [0.25, 0.3) is 22.4 Å². The monoisotopic (exact) mass is 420 g/mol. The molecule has 0 aliphatic heterocycles. The number of halogens is 1. The molecule has 0 atom stereocenters. The van der Waals surface area contributed by atoms with Crippen LogP contribution in [-0.2, 0) is 11.3 Å². The molecule has 4 rings (SSSR count). The molecule has 4 aromatic rings. The lowest BCUT2D eigenvalue weighted by atomic mass is 10.1. The number of benzene rings is 2. The van der Waals surface area contributed by atoms with Crippen LogP contribution < -0.4 is 10.5 Å². The van der Waals surface area contributed by atoms with Crippen molar-refractivity contribution in [3.8, 4) is 11.3 Å². The Balaban J connectivity index is 1.71. The Kier molecular flexibility index (Phi) is 5.62. The molecule has 0 unspecified atom stereocenters. The second-order valence-electron chi connectivity index (χ2n) is 7.23. The van der Waals surface area contributed by atoms with Crippen molar-refractivity contribution in [2.75, 3.05) is 11.4 Å². The lowest BCUT2D eigenvalue weighted by Gasteiger charge is -2.24. The van der Waals surface area contributed by atoms with Gasteiger partial charge in [0.25, 0.3) is 11.3 Å². The van der Waals surface area contributed by atoms with E-state index in [2.05, 4.69) is 10.1 Å². The molecule has 0 N–H and O–H groups in total. The molecule has 0 fully saturated rings.